The summed E-state index contributed by atoms with van der Waals surface area (Å²) < 4.78 is 23.2. The summed E-state index contributed by atoms with van der Waals surface area (Å²) in [5.74, 6) is 3.20. The summed E-state index contributed by atoms with van der Waals surface area (Å²) in [6.45, 7) is 6.07. The number of aryl methyl sites for hydroxylation is 2. The maximum Gasteiger partial charge on any atom is 0.232 e. The first-order valence-electron chi connectivity index (χ1n) is 11.5. The first-order chi connectivity index (χ1) is 16.6. The Morgan fingerprint density at radius 3 is 2.56 bits per heavy atom. The average molecular weight is 456 g/mol. The Kier molecular flexibility index (Phi) is 5.03. The van der Waals surface area contributed by atoms with E-state index < -0.39 is 0 Å². The highest BCUT2D eigenvalue weighted by molar-refractivity contribution is 6.15. The van der Waals surface area contributed by atoms with Crippen molar-refractivity contribution in [2.24, 2.45) is 0 Å². The molecule has 6 rings (SSSR count). The third-order valence-corrected chi connectivity index (χ3v) is 6.52. The average Bonchev–Trinajstić information content (AvgIpc) is 3.44. The van der Waals surface area contributed by atoms with E-state index in [1.807, 2.05) is 49.4 Å². The quantitative estimate of drug-likeness (QED) is 0.501. The van der Waals surface area contributed by atoms with Crippen LogP contribution in [0.25, 0.3) is 6.08 Å². The van der Waals surface area contributed by atoms with Gasteiger partial charge in [-0.15, -0.1) is 0 Å². The van der Waals surface area contributed by atoms with Crippen molar-refractivity contribution in [3.05, 3.63) is 87.7 Å². The molecule has 0 N–H and O–H groups in total. The molecule has 0 saturated carbocycles. The predicted octanol–water partition coefficient (Wildman–Crippen LogP) is 5.25. The Morgan fingerprint density at radius 1 is 0.941 bits per heavy atom. The van der Waals surface area contributed by atoms with Crippen LogP contribution >= 0.6 is 0 Å². The summed E-state index contributed by atoms with van der Waals surface area (Å²) in [6, 6.07) is 16.1. The molecule has 0 amide bonds. The van der Waals surface area contributed by atoms with Crippen LogP contribution in [-0.4, -0.2) is 24.2 Å². The minimum Gasteiger partial charge on any atom is -0.478 e. The summed E-state index contributed by atoms with van der Waals surface area (Å²) in [6.07, 6.45) is 2.80. The van der Waals surface area contributed by atoms with E-state index >= 15 is 0 Å². The van der Waals surface area contributed by atoms with Crippen LogP contribution in [0.15, 0.2) is 54.3 Å². The van der Waals surface area contributed by atoms with Gasteiger partial charge in [-0.05, 0) is 59.9 Å². The molecule has 3 aliphatic rings. The number of rotatable bonds is 4. The zero-order valence-corrected chi connectivity index (χ0v) is 19.2. The van der Waals surface area contributed by atoms with E-state index in [0.717, 1.165) is 45.9 Å². The van der Waals surface area contributed by atoms with Crippen molar-refractivity contribution >= 4 is 11.9 Å². The first-order valence-corrected chi connectivity index (χ1v) is 11.5. The van der Waals surface area contributed by atoms with Gasteiger partial charge in [0.1, 0.15) is 18.2 Å². The third-order valence-electron chi connectivity index (χ3n) is 6.52. The summed E-state index contributed by atoms with van der Waals surface area (Å²) in [5.41, 5.74) is 5.71. The SMILES string of the molecule is CCc1ccc(/C=C2\Oc3c4c(cc(C)c3C2=O)OCN(Cc2ccc3c(c2)OCO3)C4)cc1. The van der Waals surface area contributed by atoms with Crippen molar-refractivity contribution in [3.63, 3.8) is 0 Å². The second kappa shape index (κ2) is 8.22. The molecule has 3 aromatic carbocycles. The van der Waals surface area contributed by atoms with Crippen molar-refractivity contribution in [1.29, 1.82) is 0 Å². The summed E-state index contributed by atoms with van der Waals surface area (Å²) in [4.78, 5) is 15.4. The lowest BCUT2D eigenvalue weighted by Gasteiger charge is -2.30. The Morgan fingerprint density at radius 2 is 1.74 bits per heavy atom. The van der Waals surface area contributed by atoms with Gasteiger partial charge < -0.3 is 18.9 Å². The van der Waals surface area contributed by atoms with Gasteiger partial charge in [-0.2, -0.15) is 0 Å². The van der Waals surface area contributed by atoms with Crippen LogP contribution in [0.4, 0.5) is 0 Å². The molecule has 0 fully saturated rings. The molecule has 0 bridgehead atoms. The fraction of sp³-hybridized carbons (Fsp3) is 0.250. The van der Waals surface area contributed by atoms with E-state index in [9.17, 15) is 4.79 Å². The van der Waals surface area contributed by atoms with E-state index in [1.54, 1.807) is 0 Å². The topological polar surface area (TPSA) is 57.2 Å². The largest absolute Gasteiger partial charge is 0.478 e. The number of ether oxygens (including phenoxy) is 4. The number of nitrogens with zero attached hydrogens (tertiary/aromatic N) is 1. The highest BCUT2D eigenvalue weighted by atomic mass is 16.7. The van der Waals surface area contributed by atoms with Gasteiger partial charge in [0.05, 0.1) is 11.1 Å². The minimum absolute atomic E-state index is 0.0808. The van der Waals surface area contributed by atoms with Crippen molar-refractivity contribution in [2.45, 2.75) is 33.4 Å². The van der Waals surface area contributed by atoms with Crippen molar-refractivity contribution < 1.29 is 23.7 Å². The van der Waals surface area contributed by atoms with E-state index in [2.05, 4.69) is 24.0 Å². The summed E-state index contributed by atoms with van der Waals surface area (Å²) >= 11 is 0. The lowest BCUT2D eigenvalue weighted by molar-refractivity contribution is 0.0871. The fourth-order valence-corrected chi connectivity index (χ4v) is 4.68. The van der Waals surface area contributed by atoms with Crippen LogP contribution in [-0.2, 0) is 19.5 Å². The monoisotopic (exact) mass is 455 g/mol. The zero-order valence-electron chi connectivity index (χ0n) is 19.2. The van der Waals surface area contributed by atoms with Crippen molar-refractivity contribution in [3.8, 4) is 23.0 Å². The van der Waals surface area contributed by atoms with Crippen molar-refractivity contribution in [2.75, 3.05) is 13.5 Å². The highest BCUT2D eigenvalue weighted by Crippen LogP contribution is 2.44. The first kappa shape index (κ1) is 20.8. The van der Waals surface area contributed by atoms with E-state index in [0.29, 0.717) is 36.9 Å². The number of Topliss-reactive ketones (excluding diaryl/α,β-unsaturated/α-hetero) is 1. The van der Waals surface area contributed by atoms with Crippen LogP contribution < -0.4 is 18.9 Å². The Labute approximate surface area is 198 Å². The van der Waals surface area contributed by atoms with Crippen LogP contribution in [0.2, 0.25) is 0 Å². The van der Waals surface area contributed by atoms with Crippen LogP contribution in [0.5, 0.6) is 23.0 Å². The standard InChI is InChI=1S/C28H25NO5/c1-3-18-4-6-19(7-5-18)11-25-27(30)26-17(2)10-23-21(28(26)34-25)14-29(15-31-23)13-20-8-9-22-24(12-20)33-16-32-22/h4-12H,3,13-16H2,1-2H3/b25-11-. The second-order valence-electron chi connectivity index (χ2n) is 8.86. The molecule has 34 heavy (non-hydrogen) atoms. The van der Waals surface area contributed by atoms with Crippen LogP contribution in [0.3, 0.4) is 0 Å². The Balaban J connectivity index is 1.27. The normalized spacial score (nSPS) is 17.4. The fourth-order valence-electron chi connectivity index (χ4n) is 4.68. The Hall–Kier alpha value is -3.77. The van der Waals surface area contributed by atoms with Gasteiger partial charge in [0.25, 0.3) is 0 Å². The summed E-state index contributed by atoms with van der Waals surface area (Å²) in [7, 11) is 0. The molecular weight excluding hydrogens is 430 g/mol. The number of fused-ring (bicyclic) bond motifs is 4. The lowest BCUT2D eigenvalue weighted by atomic mass is 9.98. The predicted molar refractivity (Wildman–Crippen MR) is 127 cm³/mol. The van der Waals surface area contributed by atoms with E-state index in [1.165, 1.54) is 5.56 Å². The van der Waals surface area contributed by atoms with Gasteiger partial charge in [0.15, 0.2) is 17.3 Å². The number of carbonyl (C=O) groups excluding carboxylic acids is 1. The lowest BCUT2D eigenvalue weighted by Crippen LogP contribution is -2.31. The number of allylic oxidation sites excluding steroid dienone is 1. The molecule has 6 heteroatoms. The molecule has 6 nitrogen and oxygen atoms in total. The molecule has 3 aromatic rings. The zero-order chi connectivity index (χ0) is 23.2. The van der Waals surface area contributed by atoms with Gasteiger partial charge in [0, 0.05) is 13.1 Å². The Bertz CT molecular complexity index is 1330. The number of carbonyl (C=O) groups is 1. The molecule has 0 unspecified atom stereocenters. The number of hydrogen-bond acceptors (Lipinski definition) is 6. The van der Waals surface area contributed by atoms with Crippen molar-refractivity contribution in [1.82, 2.24) is 4.90 Å². The molecule has 0 radical (unpaired) electrons. The van der Waals surface area contributed by atoms with Crippen LogP contribution in [0, 0.1) is 6.92 Å². The third kappa shape index (κ3) is 3.60. The van der Waals surface area contributed by atoms with E-state index in [-0.39, 0.29) is 12.6 Å². The smallest absolute Gasteiger partial charge is 0.232 e. The maximum atomic E-state index is 13.2. The summed E-state index contributed by atoms with van der Waals surface area (Å²) in [5, 5.41) is 0. The number of hydrogen-bond donors (Lipinski definition) is 0. The maximum absolute atomic E-state index is 13.2. The number of benzene rings is 3. The molecule has 3 heterocycles. The molecule has 0 aromatic heterocycles. The molecular formula is C28H25NO5. The highest BCUT2D eigenvalue weighted by Gasteiger charge is 2.35. The van der Waals surface area contributed by atoms with Crippen LogP contribution in [0.1, 0.15) is 45.1 Å². The molecule has 172 valence electrons. The van der Waals surface area contributed by atoms with Gasteiger partial charge in [0.2, 0.25) is 12.6 Å². The second-order valence-corrected chi connectivity index (χ2v) is 8.86. The molecule has 0 saturated heterocycles. The van der Waals surface area contributed by atoms with Gasteiger partial charge in [-0.1, -0.05) is 37.3 Å². The molecule has 0 aliphatic carbocycles. The molecule has 3 aliphatic heterocycles. The molecule has 0 spiro atoms. The molecule has 0 atom stereocenters. The minimum atomic E-state index is -0.0808. The number of ketones is 1. The van der Waals surface area contributed by atoms with E-state index in [4.69, 9.17) is 18.9 Å². The van der Waals surface area contributed by atoms with Gasteiger partial charge in [-0.3, -0.25) is 9.69 Å². The van der Waals surface area contributed by atoms with Gasteiger partial charge >= 0.3 is 0 Å². The van der Waals surface area contributed by atoms with Gasteiger partial charge in [-0.25, -0.2) is 0 Å².